The van der Waals surface area contributed by atoms with E-state index in [1.807, 2.05) is 0 Å². The fourth-order valence-corrected chi connectivity index (χ4v) is 4.83. The molecule has 27 heavy (non-hydrogen) atoms. The molecule has 1 aliphatic carbocycles. The number of esters is 1. The number of hydrogen-bond donors (Lipinski definition) is 1. The van der Waals surface area contributed by atoms with Gasteiger partial charge >= 0.3 is 12.0 Å². The number of carbonyl (C=O) groups is 3. The third-order valence-corrected chi connectivity index (χ3v) is 5.85. The van der Waals surface area contributed by atoms with Crippen LogP contribution in [0.25, 0.3) is 0 Å². The van der Waals surface area contributed by atoms with Gasteiger partial charge in [-0.3, -0.25) is 9.69 Å². The maximum absolute atomic E-state index is 13.0. The highest BCUT2D eigenvalue weighted by Gasteiger charge is 2.56. The first-order valence-corrected chi connectivity index (χ1v) is 9.57. The van der Waals surface area contributed by atoms with Crippen molar-refractivity contribution in [2.75, 3.05) is 6.54 Å². The van der Waals surface area contributed by atoms with Crippen LogP contribution < -0.4 is 10.1 Å². The normalized spacial score (nSPS) is 27.0. The van der Waals surface area contributed by atoms with E-state index in [9.17, 15) is 14.4 Å². The molecule has 0 aromatic heterocycles. The second-order valence-electron chi connectivity index (χ2n) is 8.28. The number of benzene rings is 1. The van der Waals surface area contributed by atoms with Crippen molar-refractivity contribution in [3.8, 4) is 5.75 Å². The fourth-order valence-electron chi connectivity index (χ4n) is 4.50. The Morgan fingerprint density at radius 3 is 2.67 bits per heavy atom. The minimum absolute atomic E-state index is 0.0779. The molecule has 2 unspecified atom stereocenters. The Labute approximate surface area is 168 Å². The van der Waals surface area contributed by atoms with Crippen LogP contribution in [0.2, 0.25) is 10.0 Å². The van der Waals surface area contributed by atoms with Crippen LogP contribution in [0.4, 0.5) is 4.79 Å². The second-order valence-corrected chi connectivity index (χ2v) is 9.07. The highest BCUT2D eigenvalue weighted by atomic mass is 35.5. The zero-order valence-corrected chi connectivity index (χ0v) is 17.0. The van der Waals surface area contributed by atoms with Gasteiger partial charge in [-0.2, -0.15) is 0 Å². The molecule has 6 nitrogen and oxygen atoms in total. The molecule has 2 aliphatic rings. The molecule has 3 rings (SSSR count). The van der Waals surface area contributed by atoms with Crippen LogP contribution in [0.5, 0.6) is 5.75 Å². The lowest BCUT2D eigenvalue weighted by molar-refractivity contribution is -0.142. The maximum Gasteiger partial charge on any atom is 0.331 e. The van der Waals surface area contributed by atoms with Crippen molar-refractivity contribution in [2.45, 2.75) is 45.6 Å². The van der Waals surface area contributed by atoms with Crippen LogP contribution in [-0.4, -0.2) is 34.9 Å². The van der Waals surface area contributed by atoms with Gasteiger partial charge in [0.2, 0.25) is 0 Å². The molecule has 2 fully saturated rings. The highest BCUT2D eigenvalue weighted by molar-refractivity contribution is 6.43. The number of carbonyl (C=O) groups excluding carboxylic acids is 3. The number of imide groups is 1. The molecule has 8 heteroatoms. The van der Waals surface area contributed by atoms with Gasteiger partial charge in [0.15, 0.2) is 5.75 Å². The number of ether oxygens (including phenoxy) is 1. The number of halogens is 2. The van der Waals surface area contributed by atoms with Gasteiger partial charge in [-0.25, -0.2) is 9.59 Å². The van der Waals surface area contributed by atoms with Gasteiger partial charge in [-0.05, 0) is 42.7 Å². The average molecular weight is 413 g/mol. The average Bonchev–Trinajstić information content (AvgIpc) is 2.73. The van der Waals surface area contributed by atoms with Gasteiger partial charge in [-0.15, -0.1) is 0 Å². The number of nitrogens with zero attached hydrogens (tertiary/aromatic N) is 1. The summed E-state index contributed by atoms with van der Waals surface area (Å²) in [7, 11) is 0. The highest BCUT2D eigenvalue weighted by Crippen LogP contribution is 2.46. The Morgan fingerprint density at radius 2 is 2.00 bits per heavy atom. The SMILES string of the molecule is CC1CC(C)(C)CC2(C1)NC(=O)N(CC(=O)Oc1cccc(Cl)c1Cl)C2=O. The van der Waals surface area contributed by atoms with Gasteiger partial charge in [0, 0.05) is 0 Å². The molecule has 1 saturated heterocycles. The molecule has 0 bridgehead atoms. The van der Waals surface area contributed by atoms with Crippen molar-refractivity contribution in [2.24, 2.45) is 11.3 Å². The molecule has 1 aliphatic heterocycles. The summed E-state index contributed by atoms with van der Waals surface area (Å²) >= 11 is 11.9. The van der Waals surface area contributed by atoms with E-state index in [2.05, 4.69) is 26.1 Å². The molecule has 1 aromatic rings. The topological polar surface area (TPSA) is 75.7 Å². The van der Waals surface area contributed by atoms with E-state index in [1.54, 1.807) is 12.1 Å². The van der Waals surface area contributed by atoms with Gasteiger partial charge in [0.05, 0.1) is 5.02 Å². The lowest BCUT2D eigenvalue weighted by Crippen LogP contribution is -2.54. The van der Waals surface area contributed by atoms with Crippen LogP contribution in [0.3, 0.4) is 0 Å². The van der Waals surface area contributed by atoms with Gasteiger partial charge in [-0.1, -0.05) is 50.0 Å². The van der Waals surface area contributed by atoms with E-state index in [0.717, 1.165) is 11.3 Å². The standard InChI is InChI=1S/C19H22Cl2N2O4/c1-11-7-18(2,3)10-19(8-11)16(25)23(17(26)22-19)9-14(24)27-13-6-4-5-12(20)15(13)21/h4-6,11H,7-10H2,1-3H3,(H,22,26). The first kappa shape index (κ1) is 20.0. The molecule has 1 aromatic carbocycles. The summed E-state index contributed by atoms with van der Waals surface area (Å²) in [5.41, 5.74) is -1.03. The fraction of sp³-hybridized carbons (Fsp3) is 0.526. The molecule has 146 valence electrons. The molecule has 2 atom stereocenters. The minimum Gasteiger partial charge on any atom is -0.424 e. The van der Waals surface area contributed by atoms with E-state index < -0.39 is 24.1 Å². The quantitative estimate of drug-likeness (QED) is 0.461. The zero-order chi connectivity index (χ0) is 20.0. The van der Waals surface area contributed by atoms with Crippen molar-refractivity contribution in [1.29, 1.82) is 0 Å². The second kappa shape index (κ2) is 6.99. The third kappa shape index (κ3) is 3.92. The zero-order valence-electron chi connectivity index (χ0n) is 15.5. The first-order valence-electron chi connectivity index (χ1n) is 8.82. The van der Waals surface area contributed by atoms with Crippen molar-refractivity contribution >= 4 is 41.1 Å². The van der Waals surface area contributed by atoms with Crippen LogP contribution in [0.15, 0.2) is 18.2 Å². The Kier molecular flexibility index (Phi) is 5.16. The molecular weight excluding hydrogens is 391 g/mol. The summed E-state index contributed by atoms with van der Waals surface area (Å²) in [5, 5.41) is 3.17. The van der Waals surface area contributed by atoms with Gasteiger partial charge in [0.25, 0.3) is 5.91 Å². The Balaban J connectivity index is 1.74. The third-order valence-electron chi connectivity index (χ3n) is 5.05. The van der Waals surface area contributed by atoms with Crippen molar-refractivity contribution in [3.63, 3.8) is 0 Å². The summed E-state index contributed by atoms with van der Waals surface area (Å²) in [5.74, 6) is -0.761. The molecule has 0 radical (unpaired) electrons. The Morgan fingerprint density at radius 1 is 1.30 bits per heavy atom. The smallest absolute Gasteiger partial charge is 0.331 e. The summed E-state index contributed by atoms with van der Waals surface area (Å²) in [6.07, 6.45) is 2.08. The number of rotatable bonds is 3. The van der Waals surface area contributed by atoms with Crippen molar-refractivity contribution in [3.05, 3.63) is 28.2 Å². The Hall–Kier alpha value is -1.79. The summed E-state index contributed by atoms with van der Waals surface area (Å²) in [6.45, 7) is 5.76. The van der Waals surface area contributed by atoms with Crippen LogP contribution in [-0.2, 0) is 9.59 Å². The number of nitrogens with one attached hydrogen (secondary N) is 1. The molecular formula is C19H22Cl2N2O4. The minimum atomic E-state index is -0.952. The van der Waals surface area contributed by atoms with E-state index in [1.165, 1.54) is 6.07 Å². The molecule has 1 spiro atoms. The summed E-state index contributed by atoms with van der Waals surface area (Å²) < 4.78 is 5.19. The first-order chi connectivity index (χ1) is 12.5. The van der Waals surface area contributed by atoms with E-state index in [4.69, 9.17) is 27.9 Å². The van der Waals surface area contributed by atoms with E-state index in [0.29, 0.717) is 12.8 Å². The van der Waals surface area contributed by atoms with Crippen LogP contribution in [0.1, 0.15) is 40.0 Å². The van der Waals surface area contributed by atoms with Crippen LogP contribution >= 0.6 is 23.2 Å². The maximum atomic E-state index is 13.0. The van der Waals surface area contributed by atoms with E-state index >= 15 is 0 Å². The summed E-state index contributed by atoms with van der Waals surface area (Å²) in [6, 6.07) is 4.07. The van der Waals surface area contributed by atoms with Crippen LogP contribution in [0, 0.1) is 11.3 Å². The lowest BCUT2D eigenvalue weighted by Gasteiger charge is -2.43. The van der Waals surface area contributed by atoms with Gasteiger partial charge in [0.1, 0.15) is 17.1 Å². The van der Waals surface area contributed by atoms with Crippen molar-refractivity contribution < 1.29 is 19.1 Å². The van der Waals surface area contributed by atoms with E-state index in [-0.39, 0.29) is 33.0 Å². The molecule has 1 N–H and O–H groups in total. The number of hydrogen-bond acceptors (Lipinski definition) is 4. The molecule has 1 saturated carbocycles. The monoisotopic (exact) mass is 412 g/mol. The predicted molar refractivity (Wildman–Crippen MR) is 102 cm³/mol. The Bertz CT molecular complexity index is 811. The predicted octanol–water partition coefficient (Wildman–Crippen LogP) is 4.04. The van der Waals surface area contributed by atoms with Gasteiger partial charge < -0.3 is 10.1 Å². The largest absolute Gasteiger partial charge is 0.424 e. The summed E-state index contributed by atoms with van der Waals surface area (Å²) in [4.78, 5) is 38.7. The van der Waals surface area contributed by atoms with Crippen molar-refractivity contribution in [1.82, 2.24) is 10.2 Å². The molecule has 1 heterocycles. The molecule has 3 amide bonds. The number of urea groups is 1. The number of amides is 3. The lowest BCUT2D eigenvalue weighted by atomic mass is 9.64.